The summed E-state index contributed by atoms with van der Waals surface area (Å²) in [6.45, 7) is -0.493. The minimum absolute atomic E-state index is 0.186. The van der Waals surface area contributed by atoms with Crippen molar-refractivity contribution in [2.75, 3.05) is 13.2 Å². The van der Waals surface area contributed by atoms with Crippen molar-refractivity contribution in [3.05, 3.63) is 28.2 Å². The first-order valence-corrected chi connectivity index (χ1v) is 5.53. The van der Waals surface area contributed by atoms with E-state index in [1.54, 1.807) is 18.2 Å². The summed E-state index contributed by atoms with van der Waals surface area (Å²) in [6.07, 6.45) is -4.63. The summed E-state index contributed by atoms with van der Waals surface area (Å²) < 4.78 is 44.6. The number of halogens is 4. The first-order chi connectivity index (χ1) is 7.92. The van der Waals surface area contributed by atoms with Gasteiger partial charge in [-0.2, -0.15) is 0 Å². The fourth-order valence-electron chi connectivity index (χ4n) is 1.16. The van der Waals surface area contributed by atoms with Gasteiger partial charge in [0, 0.05) is 16.6 Å². The highest BCUT2D eigenvalue weighted by molar-refractivity contribution is 9.10. The number of hydrogen-bond acceptors (Lipinski definition) is 3. The Labute approximate surface area is 105 Å². The van der Waals surface area contributed by atoms with E-state index >= 15 is 0 Å². The van der Waals surface area contributed by atoms with Gasteiger partial charge >= 0.3 is 6.36 Å². The molecule has 7 heteroatoms. The molecular weight excluding hydrogens is 303 g/mol. The summed E-state index contributed by atoms with van der Waals surface area (Å²) >= 11 is 3.26. The molecule has 0 aliphatic rings. The van der Waals surface area contributed by atoms with E-state index in [2.05, 4.69) is 20.7 Å². The second-order valence-electron chi connectivity index (χ2n) is 3.10. The van der Waals surface area contributed by atoms with Gasteiger partial charge in [0.25, 0.3) is 0 Å². The van der Waals surface area contributed by atoms with Crippen LogP contribution in [0.15, 0.2) is 22.7 Å². The third kappa shape index (κ3) is 5.38. The summed E-state index contributed by atoms with van der Waals surface area (Å²) in [7, 11) is 0. The minimum Gasteiger partial charge on any atom is -0.491 e. The summed E-state index contributed by atoms with van der Waals surface area (Å²) in [6, 6.07) is 5.11. The van der Waals surface area contributed by atoms with Gasteiger partial charge in [-0.15, -0.1) is 13.2 Å². The van der Waals surface area contributed by atoms with E-state index in [0.717, 1.165) is 4.47 Å². The van der Waals surface area contributed by atoms with Crippen molar-refractivity contribution in [3.8, 4) is 5.75 Å². The molecule has 0 saturated carbocycles. The standard InChI is InChI=1S/C10H11BrF3NO2/c11-8-1-2-9(7(5-8)6-15)16-3-4-17-10(12,13)14/h1-2,5H,3-4,6,15H2. The Morgan fingerprint density at radius 3 is 2.53 bits per heavy atom. The number of benzene rings is 1. The van der Waals surface area contributed by atoms with Gasteiger partial charge in [-0.1, -0.05) is 15.9 Å². The number of hydrogen-bond donors (Lipinski definition) is 1. The molecule has 1 aromatic carbocycles. The molecule has 1 rings (SSSR count). The maximum absolute atomic E-state index is 11.7. The van der Waals surface area contributed by atoms with Gasteiger partial charge < -0.3 is 10.5 Å². The fraction of sp³-hybridized carbons (Fsp3) is 0.400. The highest BCUT2D eigenvalue weighted by atomic mass is 79.9. The van der Waals surface area contributed by atoms with Crippen LogP contribution in [-0.2, 0) is 11.3 Å². The quantitative estimate of drug-likeness (QED) is 0.850. The number of rotatable bonds is 5. The minimum atomic E-state index is -4.63. The van der Waals surface area contributed by atoms with Crippen LogP contribution in [0.2, 0.25) is 0 Å². The summed E-state index contributed by atoms with van der Waals surface area (Å²) in [5.74, 6) is 0.460. The molecule has 1 aromatic rings. The molecule has 0 aliphatic carbocycles. The van der Waals surface area contributed by atoms with Crippen molar-refractivity contribution in [1.29, 1.82) is 0 Å². The highest BCUT2D eigenvalue weighted by Gasteiger charge is 2.28. The molecule has 0 amide bonds. The first-order valence-electron chi connectivity index (χ1n) is 4.74. The maximum Gasteiger partial charge on any atom is 0.522 e. The van der Waals surface area contributed by atoms with Crippen molar-refractivity contribution in [2.45, 2.75) is 12.9 Å². The molecule has 3 nitrogen and oxygen atoms in total. The van der Waals surface area contributed by atoms with Gasteiger partial charge in [0.15, 0.2) is 0 Å². The molecule has 0 radical (unpaired) electrons. The smallest absolute Gasteiger partial charge is 0.491 e. The molecule has 0 aliphatic heterocycles. The Kier molecular flexibility index (Phi) is 5.23. The van der Waals surface area contributed by atoms with Crippen LogP contribution in [0.5, 0.6) is 5.75 Å². The first kappa shape index (κ1) is 14.3. The average molecular weight is 314 g/mol. The second kappa shape index (κ2) is 6.23. The molecule has 0 unspecified atom stereocenters. The largest absolute Gasteiger partial charge is 0.522 e. The zero-order valence-corrected chi connectivity index (χ0v) is 10.3. The van der Waals surface area contributed by atoms with E-state index in [9.17, 15) is 13.2 Å². The van der Waals surface area contributed by atoms with Crippen molar-refractivity contribution < 1.29 is 22.6 Å². The predicted octanol–water partition coefficient (Wildman–Crippen LogP) is 2.82. The lowest BCUT2D eigenvalue weighted by Crippen LogP contribution is -2.18. The van der Waals surface area contributed by atoms with Crippen LogP contribution in [0.1, 0.15) is 5.56 Å². The fourth-order valence-corrected chi connectivity index (χ4v) is 1.57. The van der Waals surface area contributed by atoms with Crippen LogP contribution in [-0.4, -0.2) is 19.6 Å². The van der Waals surface area contributed by atoms with Gasteiger partial charge in [-0.05, 0) is 18.2 Å². The van der Waals surface area contributed by atoms with Crippen molar-refractivity contribution in [3.63, 3.8) is 0 Å². The van der Waals surface area contributed by atoms with Crippen molar-refractivity contribution in [1.82, 2.24) is 0 Å². The summed E-state index contributed by atoms with van der Waals surface area (Å²) in [5.41, 5.74) is 6.20. The van der Waals surface area contributed by atoms with Crippen LogP contribution < -0.4 is 10.5 Å². The third-order valence-corrected chi connectivity index (χ3v) is 2.34. The lowest BCUT2D eigenvalue weighted by Gasteiger charge is -2.11. The van der Waals surface area contributed by atoms with Gasteiger partial charge in [0.05, 0.1) is 6.61 Å². The number of alkyl halides is 3. The molecular formula is C10H11BrF3NO2. The van der Waals surface area contributed by atoms with E-state index < -0.39 is 13.0 Å². The molecule has 2 N–H and O–H groups in total. The molecule has 0 heterocycles. The lowest BCUT2D eigenvalue weighted by atomic mass is 10.2. The van der Waals surface area contributed by atoms with Gasteiger partial charge in [-0.25, -0.2) is 0 Å². The van der Waals surface area contributed by atoms with Gasteiger partial charge in [-0.3, -0.25) is 4.74 Å². The predicted molar refractivity (Wildman–Crippen MR) is 59.5 cm³/mol. The molecule has 0 bridgehead atoms. The Morgan fingerprint density at radius 1 is 1.24 bits per heavy atom. The summed E-state index contributed by atoms with van der Waals surface area (Å²) in [4.78, 5) is 0. The van der Waals surface area contributed by atoms with Crippen molar-refractivity contribution in [2.24, 2.45) is 5.73 Å². The Hall–Kier alpha value is -0.790. The topological polar surface area (TPSA) is 44.5 Å². The maximum atomic E-state index is 11.7. The van der Waals surface area contributed by atoms with E-state index in [-0.39, 0.29) is 13.2 Å². The van der Waals surface area contributed by atoms with Crippen LogP contribution in [0.25, 0.3) is 0 Å². The molecule has 0 saturated heterocycles. The zero-order chi connectivity index (χ0) is 12.9. The SMILES string of the molecule is NCc1cc(Br)ccc1OCCOC(F)(F)F. The number of nitrogens with two attached hydrogens (primary N) is 1. The monoisotopic (exact) mass is 313 g/mol. The van der Waals surface area contributed by atoms with Crippen LogP contribution >= 0.6 is 15.9 Å². The Morgan fingerprint density at radius 2 is 1.94 bits per heavy atom. The molecule has 96 valence electrons. The van der Waals surface area contributed by atoms with Crippen LogP contribution in [0, 0.1) is 0 Å². The lowest BCUT2D eigenvalue weighted by molar-refractivity contribution is -0.325. The molecule has 0 spiro atoms. The Bertz CT molecular complexity index is 371. The molecule has 0 fully saturated rings. The Balaban J connectivity index is 2.46. The van der Waals surface area contributed by atoms with Gasteiger partial charge in [0.2, 0.25) is 0 Å². The second-order valence-corrected chi connectivity index (χ2v) is 4.01. The third-order valence-electron chi connectivity index (χ3n) is 1.85. The van der Waals surface area contributed by atoms with Crippen LogP contribution in [0.4, 0.5) is 13.2 Å². The van der Waals surface area contributed by atoms with Gasteiger partial charge in [0.1, 0.15) is 12.4 Å². The molecule has 17 heavy (non-hydrogen) atoms. The molecule has 0 atom stereocenters. The van der Waals surface area contributed by atoms with Crippen molar-refractivity contribution >= 4 is 15.9 Å². The highest BCUT2D eigenvalue weighted by Crippen LogP contribution is 2.23. The average Bonchev–Trinajstić information content (AvgIpc) is 2.24. The zero-order valence-electron chi connectivity index (χ0n) is 8.76. The van der Waals surface area contributed by atoms with E-state index in [1.807, 2.05) is 0 Å². The van der Waals surface area contributed by atoms with E-state index in [0.29, 0.717) is 11.3 Å². The number of ether oxygens (including phenoxy) is 2. The normalized spacial score (nSPS) is 11.6. The van der Waals surface area contributed by atoms with E-state index in [4.69, 9.17) is 10.5 Å². The van der Waals surface area contributed by atoms with E-state index in [1.165, 1.54) is 0 Å². The summed E-state index contributed by atoms with van der Waals surface area (Å²) in [5, 5.41) is 0. The molecule has 0 aromatic heterocycles. The van der Waals surface area contributed by atoms with Crippen LogP contribution in [0.3, 0.4) is 0 Å².